The Morgan fingerprint density at radius 3 is 1.59 bits per heavy atom. The van der Waals surface area contributed by atoms with E-state index in [0.717, 1.165) is 56.0 Å². The molecule has 0 saturated carbocycles. The molecular formula is C52H32N6S. The van der Waals surface area contributed by atoms with Crippen LogP contribution in [0.4, 0.5) is 0 Å². The van der Waals surface area contributed by atoms with Crippen molar-refractivity contribution in [1.29, 1.82) is 0 Å². The molecule has 0 saturated heterocycles. The van der Waals surface area contributed by atoms with Crippen molar-refractivity contribution < 1.29 is 0 Å². The molecule has 0 fully saturated rings. The highest BCUT2D eigenvalue weighted by Gasteiger charge is 2.20. The molecule has 12 aromatic rings. The van der Waals surface area contributed by atoms with Gasteiger partial charge in [-0.15, -0.1) is 11.3 Å². The predicted molar refractivity (Wildman–Crippen MR) is 243 cm³/mol. The van der Waals surface area contributed by atoms with E-state index in [4.69, 9.17) is 19.9 Å². The fraction of sp³-hybridized carbons (Fsp3) is 0. The van der Waals surface area contributed by atoms with Crippen LogP contribution in [0.25, 0.3) is 110 Å². The Hall–Kier alpha value is -7.74. The summed E-state index contributed by atoms with van der Waals surface area (Å²) in [4.78, 5) is 20.2. The van der Waals surface area contributed by atoms with Crippen LogP contribution in [-0.4, -0.2) is 29.1 Å². The Labute approximate surface area is 343 Å². The lowest BCUT2D eigenvalue weighted by Gasteiger charge is -2.11. The summed E-state index contributed by atoms with van der Waals surface area (Å²) in [7, 11) is 0. The molecule has 6 nitrogen and oxygen atoms in total. The first-order chi connectivity index (χ1) is 29.2. The van der Waals surface area contributed by atoms with E-state index in [-0.39, 0.29) is 0 Å². The molecule has 0 N–H and O–H groups in total. The zero-order valence-electron chi connectivity index (χ0n) is 31.6. The van der Waals surface area contributed by atoms with Crippen LogP contribution in [-0.2, 0) is 0 Å². The van der Waals surface area contributed by atoms with E-state index in [1.54, 1.807) is 0 Å². The Morgan fingerprint density at radius 2 is 0.898 bits per heavy atom. The molecule has 59 heavy (non-hydrogen) atoms. The second-order valence-corrected chi connectivity index (χ2v) is 15.8. The smallest absolute Gasteiger partial charge is 0.164 e. The summed E-state index contributed by atoms with van der Waals surface area (Å²) in [6.07, 6.45) is 0. The minimum Gasteiger partial charge on any atom is -0.309 e. The van der Waals surface area contributed by atoms with Crippen molar-refractivity contribution in [3.63, 3.8) is 0 Å². The van der Waals surface area contributed by atoms with Gasteiger partial charge < -0.3 is 4.57 Å². The zero-order chi connectivity index (χ0) is 38.9. The van der Waals surface area contributed by atoms with E-state index in [0.29, 0.717) is 17.5 Å². The number of para-hydroxylation sites is 3. The average molecular weight is 773 g/mol. The number of rotatable bonds is 6. The topological polar surface area (TPSA) is 61.4 Å². The van der Waals surface area contributed by atoms with Crippen LogP contribution in [0.5, 0.6) is 0 Å². The van der Waals surface area contributed by atoms with Gasteiger partial charge >= 0.3 is 0 Å². The number of nitrogens with zero attached hydrogens (tertiary/aromatic N) is 6. The standard InChI is InChI=1S/C52H32N6S/c1-5-15-33(16-6-1)49-54-50(34-17-7-2-8-18-34)56-51(55-49)36-25-28-47-41(29-36)42-31-40-39-30-38(58-45-24-14-13-23-43(45)53-52(58)35-19-9-3-10-20-35)26-27-44(39)57(37-21-11-4-12-22-37)46(40)32-48(42)59-47/h1-32H. The minimum atomic E-state index is 0.645. The van der Waals surface area contributed by atoms with Crippen LogP contribution in [0, 0.1) is 0 Å². The molecule has 0 atom stereocenters. The maximum atomic E-state index is 5.15. The van der Waals surface area contributed by atoms with E-state index in [9.17, 15) is 0 Å². The fourth-order valence-electron chi connectivity index (χ4n) is 8.42. The van der Waals surface area contributed by atoms with Crippen LogP contribution >= 0.6 is 11.3 Å². The zero-order valence-corrected chi connectivity index (χ0v) is 32.4. The molecule has 276 valence electrons. The monoisotopic (exact) mass is 772 g/mol. The third-order valence-corrected chi connectivity index (χ3v) is 12.3. The molecule has 4 heterocycles. The molecule has 0 aliphatic heterocycles. The van der Waals surface area contributed by atoms with Gasteiger partial charge in [-0.25, -0.2) is 19.9 Å². The molecule has 7 heteroatoms. The number of benzene rings is 8. The van der Waals surface area contributed by atoms with E-state index in [1.807, 2.05) is 78.1 Å². The van der Waals surface area contributed by atoms with Gasteiger partial charge in [-0.2, -0.15) is 0 Å². The van der Waals surface area contributed by atoms with Crippen molar-refractivity contribution >= 4 is 64.3 Å². The van der Waals surface area contributed by atoms with Gasteiger partial charge in [0.15, 0.2) is 17.5 Å². The van der Waals surface area contributed by atoms with Crippen molar-refractivity contribution in [3.05, 3.63) is 194 Å². The van der Waals surface area contributed by atoms with Gasteiger partial charge in [-0.05, 0) is 72.8 Å². The second-order valence-electron chi connectivity index (χ2n) is 14.7. The maximum absolute atomic E-state index is 5.15. The molecule has 12 rings (SSSR count). The fourth-order valence-corrected chi connectivity index (χ4v) is 9.52. The summed E-state index contributed by atoms with van der Waals surface area (Å²) in [6, 6.07) is 68.0. The van der Waals surface area contributed by atoms with Crippen molar-refractivity contribution in [2.24, 2.45) is 0 Å². The summed E-state index contributed by atoms with van der Waals surface area (Å²) in [5.41, 5.74) is 10.5. The molecular weight excluding hydrogens is 741 g/mol. The first kappa shape index (κ1) is 33.4. The Balaban J connectivity index is 1.09. The Bertz CT molecular complexity index is 3480. The summed E-state index contributed by atoms with van der Waals surface area (Å²) in [5.74, 6) is 2.86. The second kappa shape index (κ2) is 13.4. The number of hydrogen-bond donors (Lipinski definition) is 0. The van der Waals surface area contributed by atoms with E-state index in [1.165, 1.54) is 36.5 Å². The van der Waals surface area contributed by atoms with Crippen molar-refractivity contribution in [1.82, 2.24) is 29.1 Å². The van der Waals surface area contributed by atoms with Gasteiger partial charge in [0, 0.05) is 64.6 Å². The quantitative estimate of drug-likeness (QED) is 0.169. The van der Waals surface area contributed by atoms with Gasteiger partial charge in [0.1, 0.15) is 5.82 Å². The highest BCUT2D eigenvalue weighted by Crippen LogP contribution is 2.43. The lowest BCUT2D eigenvalue weighted by Crippen LogP contribution is -2.00. The van der Waals surface area contributed by atoms with E-state index >= 15 is 0 Å². The number of aromatic nitrogens is 6. The largest absolute Gasteiger partial charge is 0.309 e. The Kier molecular flexibility index (Phi) is 7.61. The molecule has 0 aliphatic rings. The van der Waals surface area contributed by atoms with Gasteiger partial charge in [0.2, 0.25) is 0 Å². The van der Waals surface area contributed by atoms with Gasteiger partial charge in [-0.1, -0.05) is 121 Å². The molecule has 0 radical (unpaired) electrons. The van der Waals surface area contributed by atoms with Crippen LogP contribution in [0.1, 0.15) is 0 Å². The molecule has 0 bridgehead atoms. The van der Waals surface area contributed by atoms with E-state index in [2.05, 4.69) is 137 Å². The molecule has 0 amide bonds. The summed E-state index contributed by atoms with van der Waals surface area (Å²) >= 11 is 1.82. The first-order valence-electron chi connectivity index (χ1n) is 19.6. The SMILES string of the molecule is c1ccc(-c2nc(-c3ccccc3)nc(-c3ccc4sc5cc6c(cc5c4c3)c3cc(-n4c(-c5ccccc5)nc5ccccc54)ccc3n6-c3ccccc3)n2)cc1. The predicted octanol–water partition coefficient (Wildman–Crippen LogP) is 13.3. The number of thiophene rings is 1. The lowest BCUT2D eigenvalue weighted by molar-refractivity contribution is 1.07. The summed E-state index contributed by atoms with van der Waals surface area (Å²) < 4.78 is 7.13. The maximum Gasteiger partial charge on any atom is 0.164 e. The van der Waals surface area contributed by atoms with Crippen molar-refractivity contribution in [2.45, 2.75) is 0 Å². The van der Waals surface area contributed by atoms with Crippen LogP contribution in [0.3, 0.4) is 0 Å². The van der Waals surface area contributed by atoms with Crippen LogP contribution < -0.4 is 0 Å². The third-order valence-electron chi connectivity index (χ3n) is 11.2. The highest BCUT2D eigenvalue weighted by molar-refractivity contribution is 7.25. The van der Waals surface area contributed by atoms with Gasteiger partial charge in [0.05, 0.1) is 22.1 Å². The summed E-state index contributed by atoms with van der Waals surface area (Å²) in [5, 5.41) is 4.74. The minimum absolute atomic E-state index is 0.645. The lowest BCUT2D eigenvalue weighted by atomic mass is 10.1. The number of hydrogen-bond acceptors (Lipinski definition) is 5. The highest BCUT2D eigenvalue weighted by atomic mass is 32.1. The van der Waals surface area contributed by atoms with Crippen LogP contribution in [0.15, 0.2) is 194 Å². The summed E-state index contributed by atoms with van der Waals surface area (Å²) in [6.45, 7) is 0. The molecule has 0 aliphatic carbocycles. The number of fused-ring (bicyclic) bond motifs is 7. The normalized spacial score (nSPS) is 11.7. The molecule has 0 spiro atoms. The molecule has 0 unspecified atom stereocenters. The Morgan fingerprint density at radius 1 is 0.322 bits per heavy atom. The van der Waals surface area contributed by atoms with Crippen molar-refractivity contribution in [3.8, 4) is 56.9 Å². The molecule has 4 aromatic heterocycles. The van der Waals surface area contributed by atoms with E-state index < -0.39 is 0 Å². The van der Waals surface area contributed by atoms with Crippen LogP contribution in [0.2, 0.25) is 0 Å². The molecule has 8 aromatic carbocycles. The third kappa shape index (κ3) is 5.55. The van der Waals surface area contributed by atoms with Gasteiger partial charge in [-0.3, -0.25) is 4.57 Å². The number of imidazole rings is 1. The average Bonchev–Trinajstić information content (AvgIpc) is 3.98. The first-order valence-corrected chi connectivity index (χ1v) is 20.5. The van der Waals surface area contributed by atoms with Gasteiger partial charge in [0.25, 0.3) is 0 Å². The van der Waals surface area contributed by atoms with Crippen molar-refractivity contribution in [2.75, 3.05) is 0 Å².